The second-order valence-electron chi connectivity index (χ2n) is 8.24. The number of carbonyl (C=O) groups excluding carboxylic acids is 1. The van der Waals surface area contributed by atoms with E-state index in [-0.39, 0.29) is 16.4 Å². The van der Waals surface area contributed by atoms with Crippen molar-refractivity contribution in [1.82, 2.24) is 4.90 Å². The van der Waals surface area contributed by atoms with Crippen LogP contribution in [0.1, 0.15) is 10.4 Å². The molecule has 3 aromatic carbocycles. The summed E-state index contributed by atoms with van der Waals surface area (Å²) in [6.45, 7) is 3.63. The fourth-order valence-electron chi connectivity index (χ4n) is 3.86. The van der Waals surface area contributed by atoms with Crippen molar-refractivity contribution in [3.8, 4) is 0 Å². The minimum atomic E-state index is -3.89. The van der Waals surface area contributed by atoms with Crippen LogP contribution in [0, 0.1) is 0 Å². The molecule has 0 spiro atoms. The predicted molar refractivity (Wildman–Crippen MR) is 138 cm³/mol. The van der Waals surface area contributed by atoms with Gasteiger partial charge in [-0.25, -0.2) is 8.42 Å². The number of piperazine rings is 1. The first-order valence-corrected chi connectivity index (χ1v) is 12.8. The van der Waals surface area contributed by atoms with E-state index in [0.29, 0.717) is 16.4 Å². The highest BCUT2D eigenvalue weighted by molar-refractivity contribution is 7.92. The zero-order chi connectivity index (χ0) is 24.3. The Kier molecular flexibility index (Phi) is 7.11. The largest absolute Gasteiger partial charge is 0.367 e. The first kappa shape index (κ1) is 24.1. The van der Waals surface area contributed by atoms with E-state index in [1.54, 1.807) is 36.4 Å². The molecule has 7 nitrogen and oxygen atoms in total. The van der Waals surface area contributed by atoms with Gasteiger partial charge in [0.1, 0.15) is 0 Å². The molecule has 1 N–H and O–H groups in total. The molecule has 0 aromatic heterocycles. The van der Waals surface area contributed by atoms with Gasteiger partial charge in [-0.3, -0.25) is 9.10 Å². The van der Waals surface area contributed by atoms with Crippen LogP contribution in [-0.4, -0.2) is 59.5 Å². The Hall–Kier alpha value is -3.07. The Morgan fingerprint density at radius 1 is 0.941 bits per heavy atom. The number of nitrogens with zero attached hydrogens (tertiary/aromatic N) is 3. The van der Waals surface area contributed by atoms with Crippen LogP contribution in [0.3, 0.4) is 0 Å². The lowest BCUT2D eigenvalue weighted by Gasteiger charge is -2.35. The summed E-state index contributed by atoms with van der Waals surface area (Å²) >= 11 is 6.02. The number of likely N-dealkylation sites (N-methyl/N-ethyl adjacent to an activating group) is 1. The summed E-state index contributed by atoms with van der Waals surface area (Å²) in [5.74, 6) is -0.371. The SMILES string of the molecule is CN1CCN(c2ccccc2NC(=O)c2cccc(S(=O)(=O)N(C)c3cccc(Cl)c3)c2)CC1. The standard InChI is InChI=1S/C25H27ClN4O3S/c1-28-13-15-30(16-14-28)24-12-4-3-11-23(24)27-25(31)19-7-5-10-22(17-19)34(32,33)29(2)21-9-6-8-20(26)18-21/h3-12,17-18H,13-16H2,1-2H3,(H,27,31). The molecule has 4 rings (SSSR count). The maximum Gasteiger partial charge on any atom is 0.264 e. The fraction of sp³-hybridized carbons (Fsp3) is 0.240. The first-order valence-electron chi connectivity index (χ1n) is 10.9. The first-order chi connectivity index (χ1) is 16.3. The van der Waals surface area contributed by atoms with Gasteiger partial charge in [0.2, 0.25) is 0 Å². The summed E-state index contributed by atoms with van der Waals surface area (Å²) in [6, 6.07) is 20.3. The average molecular weight is 499 g/mol. The van der Waals surface area contributed by atoms with E-state index in [0.717, 1.165) is 36.2 Å². The van der Waals surface area contributed by atoms with Gasteiger partial charge in [-0.2, -0.15) is 0 Å². The number of nitrogens with one attached hydrogen (secondary N) is 1. The molecular weight excluding hydrogens is 472 g/mol. The molecule has 0 saturated carbocycles. The van der Waals surface area contributed by atoms with Gasteiger partial charge in [0.05, 0.1) is 22.0 Å². The van der Waals surface area contributed by atoms with Crippen molar-refractivity contribution in [1.29, 1.82) is 0 Å². The van der Waals surface area contributed by atoms with Crippen molar-refractivity contribution in [2.75, 3.05) is 54.8 Å². The van der Waals surface area contributed by atoms with Crippen molar-refractivity contribution in [3.05, 3.63) is 83.4 Å². The Morgan fingerprint density at radius 2 is 1.65 bits per heavy atom. The van der Waals surface area contributed by atoms with Crippen LogP contribution in [0.5, 0.6) is 0 Å². The van der Waals surface area contributed by atoms with Gasteiger partial charge in [0.25, 0.3) is 15.9 Å². The minimum Gasteiger partial charge on any atom is -0.367 e. The van der Waals surface area contributed by atoms with Crippen molar-refractivity contribution in [2.45, 2.75) is 4.90 Å². The number of benzene rings is 3. The lowest BCUT2D eigenvalue weighted by molar-refractivity contribution is 0.102. The second-order valence-corrected chi connectivity index (χ2v) is 10.6. The topological polar surface area (TPSA) is 73.0 Å². The van der Waals surface area contributed by atoms with E-state index in [1.165, 1.54) is 19.2 Å². The minimum absolute atomic E-state index is 0.0231. The molecule has 34 heavy (non-hydrogen) atoms. The van der Waals surface area contributed by atoms with Crippen LogP contribution < -0.4 is 14.5 Å². The number of anilines is 3. The summed E-state index contributed by atoms with van der Waals surface area (Å²) in [4.78, 5) is 17.6. The van der Waals surface area contributed by atoms with Crippen LogP contribution in [-0.2, 0) is 10.0 Å². The monoisotopic (exact) mass is 498 g/mol. The number of sulfonamides is 1. The lowest BCUT2D eigenvalue weighted by Crippen LogP contribution is -2.44. The van der Waals surface area contributed by atoms with Crippen molar-refractivity contribution in [3.63, 3.8) is 0 Å². The lowest BCUT2D eigenvalue weighted by atomic mass is 10.2. The smallest absolute Gasteiger partial charge is 0.264 e. The maximum atomic E-state index is 13.2. The summed E-state index contributed by atoms with van der Waals surface area (Å²) in [5.41, 5.74) is 2.34. The molecule has 1 fully saturated rings. The molecule has 1 amide bonds. The van der Waals surface area contributed by atoms with E-state index in [1.807, 2.05) is 24.3 Å². The van der Waals surface area contributed by atoms with Crippen molar-refractivity contribution in [2.24, 2.45) is 0 Å². The molecule has 0 radical (unpaired) electrons. The van der Waals surface area contributed by atoms with Gasteiger partial charge < -0.3 is 15.1 Å². The quantitative estimate of drug-likeness (QED) is 0.552. The molecule has 1 aliphatic rings. The molecule has 1 heterocycles. The Balaban J connectivity index is 1.56. The van der Waals surface area contributed by atoms with Crippen molar-refractivity contribution < 1.29 is 13.2 Å². The zero-order valence-electron chi connectivity index (χ0n) is 19.1. The van der Waals surface area contributed by atoms with E-state index >= 15 is 0 Å². The van der Waals surface area contributed by atoms with Gasteiger partial charge in [0.15, 0.2) is 0 Å². The van der Waals surface area contributed by atoms with E-state index in [9.17, 15) is 13.2 Å². The third kappa shape index (κ3) is 5.19. The van der Waals surface area contributed by atoms with Crippen molar-refractivity contribution >= 4 is 44.6 Å². The summed E-state index contributed by atoms with van der Waals surface area (Å²) in [6.07, 6.45) is 0. The highest BCUT2D eigenvalue weighted by Crippen LogP contribution is 2.28. The third-order valence-electron chi connectivity index (χ3n) is 5.92. The van der Waals surface area contributed by atoms with E-state index in [4.69, 9.17) is 11.6 Å². The normalized spacial score (nSPS) is 14.6. The van der Waals surface area contributed by atoms with Gasteiger partial charge >= 0.3 is 0 Å². The predicted octanol–water partition coefficient (Wildman–Crippen LogP) is 4.17. The molecule has 0 bridgehead atoms. The maximum absolute atomic E-state index is 13.2. The molecule has 3 aromatic rings. The van der Waals surface area contributed by atoms with Crippen LogP contribution >= 0.6 is 11.6 Å². The van der Waals surface area contributed by atoms with Crippen LogP contribution in [0.4, 0.5) is 17.1 Å². The Labute approximate surface area is 205 Å². The molecule has 1 aliphatic heterocycles. The molecule has 9 heteroatoms. The average Bonchev–Trinajstić information content (AvgIpc) is 2.84. The van der Waals surface area contributed by atoms with Gasteiger partial charge in [-0.05, 0) is 55.6 Å². The number of hydrogen-bond donors (Lipinski definition) is 1. The number of halogens is 1. The second kappa shape index (κ2) is 10.0. The fourth-order valence-corrected chi connectivity index (χ4v) is 5.28. The summed E-state index contributed by atoms with van der Waals surface area (Å²) in [5, 5.41) is 3.40. The molecule has 0 unspecified atom stereocenters. The number of amides is 1. The van der Waals surface area contributed by atoms with Gasteiger partial charge in [0, 0.05) is 43.8 Å². The van der Waals surface area contributed by atoms with Gasteiger partial charge in [-0.15, -0.1) is 0 Å². The van der Waals surface area contributed by atoms with Crippen LogP contribution in [0.25, 0.3) is 0 Å². The summed E-state index contributed by atoms with van der Waals surface area (Å²) < 4.78 is 27.6. The Morgan fingerprint density at radius 3 is 2.38 bits per heavy atom. The molecule has 0 atom stereocenters. The molecular formula is C25H27ClN4O3S. The summed E-state index contributed by atoms with van der Waals surface area (Å²) in [7, 11) is -0.335. The number of para-hydroxylation sites is 2. The number of hydrogen-bond acceptors (Lipinski definition) is 5. The van der Waals surface area contributed by atoms with Gasteiger partial charge in [-0.1, -0.05) is 35.9 Å². The van der Waals surface area contributed by atoms with Crippen LogP contribution in [0.2, 0.25) is 5.02 Å². The van der Waals surface area contributed by atoms with Crippen LogP contribution in [0.15, 0.2) is 77.7 Å². The highest BCUT2D eigenvalue weighted by atomic mass is 35.5. The Bertz CT molecular complexity index is 1290. The van der Waals surface area contributed by atoms with E-state index < -0.39 is 10.0 Å². The highest BCUT2D eigenvalue weighted by Gasteiger charge is 2.23. The number of carbonyl (C=O) groups is 1. The third-order valence-corrected chi connectivity index (χ3v) is 7.94. The van der Waals surface area contributed by atoms with E-state index in [2.05, 4.69) is 22.2 Å². The molecule has 0 aliphatic carbocycles. The number of rotatable bonds is 6. The molecule has 1 saturated heterocycles. The molecule has 178 valence electrons. The zero-order valence-corrected chi connectivity index (χ0v) is 20.7.